The molecule has 6 heteroatoms. The molecule has 94 valence electrons. The van der Waals surface area contributed by atoms with Gasteiger partial charge in [-0.3, -0.25) is 4.79 Å². The molecule has 3 N–H and O–H groups in total. The van der Waals surface area contributed by atoms with Crippen LogP contribution >= 0.6 is 38.9 Å². The molecule has 1 aromatic heterocycles. The second kappa shape index (κ2) is 5.30. The smallest absolute Gasteiger partial charge is 0.263 e. The fraction of sp³-hybridized carbons (Fsp3) is 0.0833. The van der Waals surface area contributed by atoms with E-state index in [-0.39, 0.29) is 5.91 Å². The molecular weight excluding hydrogens is 336 g/mol. The Morgan fingerprint density at radius 2 is 2.28 bits per heavy atom. The number of nitrogens with one attached hydrogen (secondary N) is 1. The van der Waals surface area contributed by atoms with Crippen molar-refractivity contribution in [3.8, 4) is 0 Å². The molecule has 1 heterocycles. The van der Waals surface area contributed by atoms with Crippen molar-refractivity contribution in [3.05, 3.63) is 39.2 Å². The summed E-state index contributed by atoms with van der Waals surface area (Å²) in [4.78, 5) is 12.4. The number of rotatable bonds is 3. The summed E-state index contributed by atoms with van der Waals surface area (Å²) in [6.45, 7) is 4.02. The van der Waals surface area contributed by atoms with Gasteiger partial charge in [-0.05, 0) is 18.2 Å². The Kier molecular flexibility index (Phi) is 3.94. The van der Waals surface area contributed by atoms with E-state index < -0.39 is 0 Å². The van der Waals surface area contributed by atoms with Gasteiger partial charge in [0.1, 0.15) is 4.88 Å². The Bertz CT molecular complexity index is 638. The number of carbonyl (C=O) groups is 1. The molecule has 2 aromatic rings. The van der Waals surface area contributed by atoms with Crippen LogP contribution in [0.3, 0.4) is 0 Å². The van der Waals surface area contributed by atoms with E-state index in [1.54, 1.807) is 12.1 Å². The molecule has 1 aromatic carbocycles. The molecule has 18 heavy (non-hydrogen) atoms. The van der Waals surface area contributed by atoms with Crippen LogP contribution in [-0.2, 0) is 0 Å². The van der Waals surface area contributed by atoms with Gasteiger partial charge in [0.05, 0.1) is 5.69 Å². The number of hydrogen-bond acceptors (Lipinski definition) is 3. The fourth-order valence-corrected chi connectivity index (χ4v) is 2.85. The number of nitrogen functional groups attached to an aromatic ring is 1. The standard InChI is InChI=1S/C12H10BrClN2OS/c1-6(13)5-16-12(17)11-10(15)8-4-7(14)2-3-9(8)18-11/h2-4H,1,5,15H2,(H,16,17). The van der Waals surface area contributed by atoms with Gasteiger partial charge in [0, 0.05) is 26.1 Å². The molecule has 0 aliphatic heterocycles. The largest absolute Gasteiger partial charge is 0.397 e. The fourth-order valence-electron chi connectivity index (χ4n) is 1.51. The van der Waals surface area contributed by atoms with E-state index in [9.17, 15) is 4.79 Å². The third-order valence-electron chi connectivity index (χ3n) is 2.34. The molecule has 0 radical (unpaired) electrons. The normalized spacial score (nSPS) is 10.6. The summed E-state index contributed by atoms with van der Waals surface area (Å²) in [6, 6.07) is 5.41. The lowest BCUT2D eigenvalue weighted by Gasteiger charge is -2.02. The van der Waals surface area contributed by atoms with E-state index >= 15 is 0 Å². The van der Waals surface area contributed by atoms with Gasteiger partial charge < -0.3 is 11.1 Å². The number of benzene rings is 1. The Balaban J connectivity index is 2.36. The number of halogens is 2. The zero-order chi connectivity index (χ0) is 13.3. The molecule has 0 aliphatic carbocycles. The van der Waals surface area contributed by atoms with Crippen LogP contribution in [-0.4, -0.2) is 12.5 Å². The average Bonchev–Trinajstić information content (AvgIpc) is 2.64. The van der Waals surface area contributed by atoms with Crippen molar-refractivity contribution in [1.29, 1.82) is 0 Å². The van der Waals surface area contributed by atoms with Gasteiger partial charge >= 0.3 is 0 Å². The summed E-state index contributed by atoms with van der Waals surface area (Å²) in [5, 5.41) is 4.15. The zero-order valence-corrected chi connectivity index (χ0v) is 12.5. The molecule has 2 rings (SSSR count). The molecule has 0 spiro atoms. The Morgan fingerprint density at radius 3 is 2.94 bits per heavy atom. The summed E-state index contributed by atoms with van der Waals surface area (Å²) in [5.74, 6) is -0.203. The van der Waals surface area contributed by atoms with Gasteiger partial charge in [-0.2, -0.15) is 0 Å². The highest BCUT2D eigenvalue weighted by Crippen LogP contribution is 2.35. The lowest BCUT2D eigenvalue weighted by molar-refractivity contribution is 0.0962. The SMILES string of the molecule is C=C(Br)CNC(=O)c1sc2ccc(Cl)cc2c1N. The first kappa shape index (κ1) is 13.4. The van der Waals surface area contributed by atoms with Crippen molar-refractivity contribution in [2.75, 3.05) is 12.3 Å². The first-order valence-electron chi connectivity index (χ1n) is 5.08. The van der Waals surface area contributed by atoms with E-state index in [0.717, 1.165) is 10.1 Å². The number of hydrogen-bond donors (Lipinski definition) is 2. The van der Waals surface area contributed by atoms with Gasteiger partial charge in [0.15, 0.2) is 0 Å². The Hall–Kier alpha value is -1.04. The first-order chi connectivity index (χ1) is 8.49. The van der Waals surface area contributed by atoms with Crippen molar-refractivity contribution >= 4 is 60.5 Å². The van der Waals surface area contributed by atoms with E-state index in [0.29, 0.717) is 26.6 Å². The molecule has 1 amide bonds. The maximum absolute atomic E-state index is 11.9. The van der Waals surface area contributed by atoms with Crippen LogP contribution in [0.4, 0.5) is 5.69 Å². The second-order valence-electron chi connectivity index (χ2n) is 3.69. The van der Waals surface area contributed by atoms with Crippen LogP contribution < -0.4 is 11.1 Å². The van der Waals surface area contributed by atoms with Gasteiger partial charge in [0.25, 0.3) is 5.91 Å². The third kappa shape index (κ3) is 2.68. The first-order valence-corrected chi connectivity index (χ1v) is 7.07. The van der Waals surface area contributed by atoms with Crippen molar-refractivity contribution in [2.24, 2.45) is 0 Å². The topological polar surface area (TPSA) is 55.1 Å². The number of carbonyl (C=O) groups excluding carboxylic acids is 1. The monoisotopic (exact) mass is 344 g/mol. The molecule has 0 aliphatic rings. The number of thiophene rings is 1. The predicted octanol–water partition coefficient (Wildman–Crippen LogP) is 3.78. The van der Waals surface area contributed by atoms with Crippen LogP contribution in [0.1, 0.15) is 9.67 Å². The summed E-state index contributed by atoms with van der Waals surface area (Å²) >= 11 is 10.4. The van der Waals surface area contributed by atoms with Crippen LogP contribution in [0, 0.1) is 0 Å². The lowest BCUT2D eigenvalue weighted by Crippen LogP contribution is -2.24. The van der Waals surface area contributed by atoms with Crippen molar-refractivity contribution in [1.82, 2.24) is 5.32 Å². The molecular formula is C12H10BrClN2OS. The van der Waals surface area contributed by atoms with Crippen molar-refractivity contribution < 1.29 is 4.79 Å². The average molecular weight is 346 g/mol. The van der Waals surface area contributed by atoms with Crippen molar-refractivity contribution in [3.63, 3.8) is 0 Å². The maximum Gasteiger partial charge on any atom is 0.263 e. The third-order valence-corrected chi connectivity index (χ3v) is 4.04. The molecule has 0 unspecified atom stereocenters. The highest BCUT2D eigenvalue weighted by atomic mass is 79.9. The van der Waals surface area contributed by atoms with Gasteiger partial charge in [-0.25, -0.2) is 0 Å². The van der Waals surface area contributed by atoms with Crippen molar-refractivity contribution in [2.45, 2.75) is 0 Å². The number of anilines is 1. The zero-order valence-electron chi connectivity index (χ0n) is 9.30. The maximum atomic E-state index is 11.9. The summed E-state index contributed by atoms with van der Waals surface area (Å²) < 4.78 is 1.65. The minimum absolute atomic E-state index is 0.203. The predicted molar refractivity (Wildman–Crippen MR) is 81.6 cm³/mol. The summed E-state index contributed by atoms with van der Waals surface area (Å²) in [5.41, 5.74) is 6.44. The van der Waals surface area contributed by atoms with E-state index in [1.807, 2.05) is 6.07 Å². The van der Waals surface area contributed by atoms with E-state index in [4.69, 9.17) is 17.3 Å². The van der Waals surface area contributed by atoms with E-state index in [1.165, 1.54) is 11.3 Å². The molecule has 0 saturated heterocycles. The van der Waals surface area contributed by atoms with Crippen LogP contribution in [0.25, 0.3) is 10.1 Å². The van der Waals surface area contributed by atoms with Gasteiger partial charge in [-0.1, -0.05) is 34.1 Å². The number of nitrogens with two attached hydrogens (primary N) is 1. The number of fused-ring (bicyclic) bond motifs is 1. The number of amides is 1. The summed E-state index contributed by atoms with van der Waals surface area (Å²) in [7, 11) is 0. The van der Waals surface area contributed by atoms with Gasteiger partial charge in [0.2, 0.25) is 0 Å². The molecule has 0 atom stereocenters. The summed E-state index contributed by atoms with van der Waals surface area (Å²) in [6.07, 6.45) is 0. The minimum Gasteiger partial charge on any atom is -0.397 e. The van der Waals surface area contributed by atoms with Crippen LogP contribution in [0.2, 0.25) is 5.02 Å². The van der Waals surface area contributed by atoms with Crippen LogP contribution in [0.15, 0.2) is 29.3 Å². The quantitative estimate of drug-likeness (QED) is 0.889. The second-order valence-corrected chi connectivity index (χ2v) is 6.30. The minimum atomic E-state index is -0.203. The molecule has 0 bridgehead atoms. The lowest BCUT2D eigenvalue weighted by atomic mass is 10.2. The highest BCUT2D eigenvalue weighted by molar-refractivity contribution is 9.11. The molecule has 0 saturated carbocycles. The van der Waals surface area contributed by atoms with Gasteiger partial charge in [-0.15, -0.1) is 11.3 Å². The molecule has 0 fully saturated rings. The molecule has 3 nitrogen and oxygen atoms in total. The Morgan fingerprint density at radius 1 is 1.56 bits per heavy atom. The highest BCUT2D eigenvalue weighted by Gasteiger charge is 2.16. The van der Waals surface area contributed by atoms with E-state index in [2.05, 4.69) is 27.8 Å². The Labute approximate surface area is 122 Å². The van der Waals surface area contributed by atoms with Crippen LogP contribution in [0.5, 0.6) is 0 Å².